The number of aromatic nitrogens is 2. The van der Waals surface area contributed by atoms with Crippen molar-refractivity contribution in [2.24, 2.45) is 5.16 Å². The number of carboxylic acid groups (broad SMARTS) is 1. The fourth-order valence-corrected chi connectivity index (χ4v) is 1.59. The minimum Gasteiger partial charge on any atom is -0.476 e. The molecular formula is C13H10FN3O5. The summed E-state index contributed by atoms with van der Waals surface area (Å²) in [6.07, 6.45) is 0.963. The van der Waals surface area contributed by atoms with Gasteiger partial charge in [-0.25, -0.2) is 9.78 Å². The third-order valence-corrected chi connectivity index (χ3v) is 2.50. The van der Waals surface area contributed by atoms with Gasteiger partial charge in [0.05, 0.1) is 11.9 Å². The number of hydrogen-bond donors (Lipinski definition) is 2. The van der Waals surface area contributed by atoms with Gasteiger partial charge in [-0.3, -0.25) is 4.79 Å². The van der Waals surface area contributed by atoms with Gasteiger partial charge in [-0.2, -0.15) is 4.39 Å². The minimum atomic E-state index is -1.36. The van der Waals surface area contributed by atoms with Crippen LogP contribution in [-0.2, 0) is 9.63 Å². The predicted molar refractivity (Wildman–Crippen MR) is 72.5 cm³/mol. The van der Waals surface area contributed by atoms with Crippen LogP contribution in [0.15, 0.2) is 40.5 Å². The Labute approximate surface area is 122 Å². The van der Waals surface area contributed by atoms with Crippen LogP contribution in [0.1, 0.15) is 5.56 Å². The Morgan fingerprint density at radius 3 is 2.82 bits per heavy atom. The third-order valence-electron chi connectivity index (χ3n) is 2.50. The number of nitrogens with one attached hydrogen (secondary N) is 1. The third kappa shape index (κ3) is 3.08. The van der Waals surface area contributed by atoms with Gasteiger partial charge in [0, 0.05) is 0 Å². The zero-order chi connectivity index (χ0) is 16.1. The number of halogens is 1. The SMILES string of the molecule is CON=C(C(=O)O)c1ccccc1Oc1nc[nH]c(=O)c1F. The first-order valence-electron chi connectivity index (χ1n) is 5.89. The van der Waals surface area contributed by atoms with Gasteiger partial charge in [-0.15, -0.1) is 0 Å². The molecule has 2 rings (SSSR count). The van der Waals surface area contributed by atoms with Crippen molar-refractivity contribution in [1.29, 1.82) is 0 Å². The molecular weight excluding hydrogens is 297 g/mol. The number of ether oxygens (including phenoxy) is 1. The van der Waals surface area contributed by atoms with Crippen molar-refractivity contribution in [3.63, 3.8) is 0 Å². The second-order valence-electron chi connectivity index (χ2n) is 3.88. The Balaban J connectivity index is 2.49. The number of aromatic amines is 1. The molecule has 0 atom stereocenters. The van der Waals surface area contributed by atoms with Crippen molar-refractivity contribution in [3.8, 4) is 11.6 Å². The van der Waals surface area contributed by atoms with E-state index in [0.29, 0.717) is 0 Å². The summed E-state index contributed by atoms with van der Waals surface area (Å²) in [7, 11) is 1.18. The number of H-pyrrole nitrogens is 1. The fraction of sp³-hybridized carbons (Fsp3) is 0.0769. The average Bonchev–Trinajstić information content (AvgIpc) is 2.50. The van der Waals surface area contributed by atoms with E-state index in [9.17, 15) is 14.0 Å². The molecule has 0 radical (unpaired) electrons. The van der Waals surface area contributed by atoms with Crippen molar-refractivity contribution in [3.05, 3.63) is 52.3 Å². The van der Waals surface area contributed by atoms with Gasteiger partial charge in [-0.05, 0) is 12.1 Å². The van der Waals surface area contributed by atoms with Gasteiger partial charge in [0.1, 0.15) is 12.9 Å². The number of para-hydroxylation sites is 1. The summed E-state index contributed by atoms with van der Waals surface area (Å²) in [5.41, 5.74) is -1.41. The fourth-order valence-electron chi connectivity index (χ4n) is 1.59. The average molecular weight is 307 g/mol. The summed E-state index contributed by atoms with van der Waals surface area (Å²) in [5.74, 6) is -3.22. The van der Waals surface area contributed by atoms with Crippen LogP contribution in [0.25, 0.3) is 0 Å². The van der Waals surface area contributed by atoms with Gasteiger partial charge in [-0.1, -0.05) is 17.3 Å². The highest BCUT2D eigenvalue weighted by Crippen LogP contribution is 2.25. The molecule has 0 unspecified atom stereocenters. The molecule has 114 valence electrons. The maximum atomic E-state index is 13.6. The largest absolute Gasteiger partial charge is 0.476 e. The molecule has 0 saturated carbocycles. The van der Waals surface area contributed by atoms with Crippen LogP contribution in [0.5, 0.6) is 11.6 Å². The lowest BCUT2D eigenvalue weighted by atomic mass is 10.1. The second kappa shape index (κ2) is 6.48. The first-order chi connectivity index (χ1) is 10.5. The number of rotatable bonds is 5. The van der Waals surface area contributed by atoms with E-state index in [1.807, 2.05) is 4.98 Å². The van der Waals surface area contributed by atoms with Crippen molar-refractivity contribution < 1.29 is 23.9 Å². The van der Waals surface area contributed by atoms with Gasteiger partial charge in [0.25, 0.3) is 11.4 Å². The van der Waals surface area contributed by atoms with Crippen LogP contribution in [0.3, 0.4) is 0 Å². The van der Waals surface area contributed by atoms with E-state index in [1.165, 1.54) is 31.4 Å². The van der Waals surface area contributed by atoms with Gasteiger partial charge < -0.3 is 19.7 Å². The highest BCUT2D eigenvalue weighted by molar-refractivity contribution is 6.43. The Hall–Kier alpha value is -3.23. The molecule has 1 aromatic heterocycles. The van der Waals surface area contributed by atoms with Crippen LogP contribution in [0.4, 0.5) is 4.39 Å². The maximum absolute atomic E-state index is 13.6. The van der Waals surface area contributed by atoms with Crippen LogP contribution in [0, 0.1) is 5.82 Å². The van der Waals surface area contributed by atoms with E-state index in [2.05, 4.69) is 15.0 Å². The van der Waals surface area contributed by atoms with E-state index in [-0.39, 0.29) is 11.3 Å². The lowest BCUT2D eigenvalue weighted by molar-refractivity contribution is -0.129. The van der Waals surface area contributed by atoms with Crippen LogP contribution in [-0.4, -0.2) is 33.9 Å². The molecule has 1 aromatic carbocycles. The smallest absolute Gasteiger partial charge is 0.358 e. The highest BCUT2D eigenvalue weighted by Gasteiger charge is 2.20. The Kier molecular flexibility index (Phi) is 4.47. The minimum absolute atomic E-state index is 0.0401. The summed E-state index contributed by atoms with van der Waals surface area (Å²) >= 11 is 0. The van der Waals surface area contributed by atoms with Gasteiger partial charge in [0.2, 0.25) is 5.82 Å². The number of aliphatic carboxylic acids is 1. The number of carbonyl (C=O) groups is 1. The molecule has 0 spiro atoms. The first-order valence-corrected chi connectivity index (χ1v) is 5.89. The van der Waals surface area contributed by atoms with Crippen molar-refractivity contribution in [1.82, 2.24) is 9.97 Å². The van der Waals surface area contributed by atoms with Crippen LogP contribution >= 0.6 is 0 Å². The zero-order valence-corrected chi connectivity index (χ0v) is 11.2. The van der Waals surface area contributed by atoms with Crippen molar-refractivity contribution >= 4 is 11.7 Å². The summed E-state index contributed by atoms with van der Waals surface area (Å²) in [4.78, 5) is 32.4. The Bertz CT molecular complexity index is 787. The highest BCUT2D eigenvalue weighted by atomic mass is 19.1. The number of nitrogens with zero attached hydrogens (tertiary/aromatic N) is 2. The summed E-state index contributed by atoms with van der Waals surface area (Å²) < 4.78 is 18.8. The molecule has 0 aliphatic carbocycles. The topological polar surface area (TPSA) is 114 Å². The number of hydrogen-bond acceptors (Lipinski definition) is 6. The number of oxime groups is 1. The molecule has 22 heavy (non-hydrogen) atoms. The number of benzene rings is 1. The van der Waals surface area contributed by atoms with Crippen molar-refractivity contribution in [2.75, 3.05) is 7.11 Å². The van der Waals surface area contributed by atoms with E-state index in [1.54, 1.807) is 0 Å². The molecule has 0 aliphatic rings. The quantitative estimate of drug-likeness (QED) is 0.632. The molecule has 0 fully saturated rings. The zero-order valence-electron chi connectivity index (χ0n) is 11.2. The molecule has 0 aliphatic heterocycles. The lowest BCUT2D eigenvalue weighted by Crippen LogP contribution is -2.17. The molecule has 8 nitrogen and oxygen atoms in total. The van der Waals surface area contributed by atoms with E-state index < -0.39 is 28.9 Å². The van der Waals surface area contributed by atoms with E-state index in [4.69, 9.17) is 9.84 Å². The predicted octanol–water partition coefficient (Wildman–Crippen LogP) is 1.14. The summed E-state index contributed by atoms with van der Waals surface area (Å²) in [6, 6.07) is 5.85. The first kappa shape index (κ1) is 15.2. The maximum Gasteiger partial charge on any atom is 0.358 e. The lowest BCUT2D eigenvalue weighted by Gasteiger charge is -2.09. The van der Waals surface area contributed by atoms with Crippen LogP contribution < -0.4 is 10.3 Å². The summed E-state index contributed by atoms with van der Waals surface area (Å²) in [6.45, 7) is 0. The van der Waals surface area contributed by atoms with E-state index in [0.717, 1.165) is 6.33 Å². The summed E-state index contributed by atoms with van der Waals surface area (Å²) in [5, 5.41) is 12.5. The molecule has 2 N–H and O–H groups in total. The number of carboxylic acids is 1. The molecule has 1 heterocycles. The molecule has 0 saturated heterocycles. The molecule has 0 amide bonds. The van der Waals surface area contributed by atoms with E-state index >= 15 is 0 Å². The molecule has 9 heteroatoms. The Morgan fingerprint density at radius 1 is 1.41 bits per heavy atom. The molecule has 2 aromatic rings. The Morgan fingerprint density at radius 2 is 2.14 bits per heavy atom. The van der Waals surface area contributed by atoms with Crippen LogP contribution in [0.2, 0.25) is 0 Å². The normalized spacial score (nSPS) is 11.1. The molecule has 0 bridgehead atoms. The van der Waals surface area contributed by atoms with Gasteiger partial charge in [0.15, 0.2) is 5.71 Å². The standard InChI is InChI=1S/C13H10FN3O5/c1-21-17-10(13(19)20)7-4-2-3-5-8(7)22-12-9(14)11(18)15-6-16-12/h2-6H,1H3,(H,19,20)(H,15,16,18). The van der Waals surface area contributed by atoms with Gasteiger partial charge >= 0.3 is 5.97 Å². The second-order valence-corrected chi connectivity index (χ2v) is 3.88. The van der Waals surface area contributed by atoms with Crippen molar-refractivity contribution in [2.45, 2.75) is 0 Å². The monoisotopic (exact) mass is 307 g/mol.